The van der Waals surface area contributed by atoms with Crippen LogP contribution in [0.1, 0.15) is 0 Å². The van der Waals surface area contributed by atoms with Crippen molar-refractivity contribution in [2.45, 2.75) is 30.7 Å². The van der Waals surface area contributed by atoms with Gasteiger partial charge >= 0.3 is 52.0 Å². The van der Waals surface area contributed by atoms with Crippen molar-refractivity contribution in [2.75, 3.05) is 6.61 Å². The van der Waals surface area contributed by atoms with Crippen LogP contribution in [0.5, 0.6) is 0 Å². The summed E-state index contributed by atoms with van der Waals surface area (Å²) >= 11 is 0. The first-order valence-electron chi connectivity index (χ1n) is 6.86. The van der Waals surface area contributed by atoms with Crippen LogP contribution in [0.25, 0.3) is 0 Å². The van der Waals surface area contributed by atoms with Crippen molar-refractivity contribution in [3.8, 4) is 0 Å². The highest BCUT2D eigenvalue weighted by atomic mass is 32.3. The Kier molecular flexibility index (Phi) is 9.07. The van der Waals surface area contributed by atoms with Gasteiger partial charge in [0, 0.05) is 0 Å². The summed E-state index contributed by atoms with van der Waals surface area (Å²) in [5, 5.41) is 0. The van der Waals surface area contributed by atoms with E-state index in [4.69, 9.17) is 22.8 Å². The molecule has 5 N–H and O–H groups in total. The first-order chi connectivity index (χ1) is 14.0. The van der Waals surface area contributed by atoms with Crippen molar-refractivity contribution in [3.05, 3.63) is 0 Å². The van der Waals surface area contributed by atoms with Crippen LogP contribution in [-0.2, 0) is 77.6 Å². The molecule has 1 rings (SSSR count). The second-order valence-corrected chi connectivity index (χ2v) is 10.5. The van der Waals surface area contributed by atoms with Crippen LogP contribution in [0, 0.1) is 0 Å². The van der Waals surface area contributed by atoms with Crippen molar-refractivity contribution in [1.29, 1.82) is 0 Å². The lowest BCUT2D eigenvalue weighted by Gasteiger charge is -2.42. The monoisotopic (exact) mass is 580 g/mol. The van der Waals surface area contributed by atoms with Crippen LogP contribution in [0.2, 0.25) is 0 Å². The average Bonchev–Trinajstić information content (AvgIpc) is 2.45. The molecular formula is C6H12O21S5. The third-order valence-electron chi connectivity index (χ3n) is 2.89. The van der Waals surface area contributed by atoms with Crippen LogP contribution in [0.3, 0.4) is 0 Å². The van der Waals surface area contributed by atoms with E-state index in [0.29, 0.717) is 0 Å². The molecule has 26 heteroatoms. The van der Waals surface area contributed by atoms with E-state index in [9.17, 15) is 42.1 Å². The number of hydrogen-bond donors (Lipinski definition) is 5. The Morgan fingerprint density at radius 1 is 0.531 bits per heavy atom. The van der Waals surface area contributed by atoms with E-state index in [2.05, 4.69) is 25.7 Å². The highest BCUT2D eigenvalue weighted by Crippen LogP contribution is 2.32. The molecule has 0 bridgehead atoms. The van der Waals surface area contributed by atoms with Crippen molar-refractivity contribution in [3.63, 3.8) is 0 Å². The molecule has 1 aliphatic rings. The minimum Gasteiger partial charge on any atom is -0.340 e. The predicted octanol–water partition coefficient (Wildman–Crippen LogP) is -4.09. The van der Waals surface area contributed by atoms with E-state index >= 15 is 0 Å². The smallest absolute Gasteiger partial charge is 0.340 e. The number of ether oxygens (including phenoxy) is 1. The molecule has 1 fully saturated rings. The van der Waals surface area contributed by atoms with E-state index in [-0.39, 0.29) is 0 Å². The van der Waals surface area contributed by atoms with Gasteiger partial charge in [0.15, 0.2) is 6.10 Å². The molecule has 0 spiro atoms. The molecule has 1 aliphatic heterocycles. The predicted molar refractivity (Wildman–Crippen MR) is 88.1 cm³/mol. The van der Waals surface area contributed by atoms with Crippen LogP contribution < -0.4 is 0 Å². The zero-order valence-corrected chi connectivity index (χ0v) is 18.5. The Labute approximate surface area is 179 Å². The minimum atomic E-state index is -5.78. The number of rotatable bonds is 11. The average molecular weight is 580 g/mol. The Morgan fingerprint density at radius 3 is 1.28 bits per heavy atom. The van der Waals surface area contributed by atoms with Crippen LogP contribution in [0.4, 0.5) is 0 Å². The molecule has 192 valence electrons. The zero-order valence-electron chi connectivity index (χ0n) is 14.4. The second-order valence-electron chi connectivity index (χ2n) is 5.24. The van der Waals surface area contributed by atoms with E-state index in [1.54, 1.807) is 0 Å². The van der Waals surface area contributed by atoms with Crippen LogP contribution >= 0.6 is 0 Å². The molecule has 0 aromatic heterocycles. The largest absolute Gasteiger partial charge is 0.399 e. The van der Waals surface area contributed by atoms with E-state index in [0.717, 1.165) is 0 Å². The fourth-order valence-corrected chi connectivity index (χ4v) is 4.31. The van der Waals surface area contributed by atoms with E-state index in [1.807, 2.05) is 0 Å². The molecular weight excluding hydrogens is 568 g/mol. The van der Waals surface area contributed by atoms with Crippen molar-refractivity contribution >= 4 is 52.0 Å². The maximum Gasteiger partial charge on any atom is 0.399 e. The lowest BCUT2D eigenvalue weighted by atomic mass is 9.99. The molecule has 0 amide bonds. The third-order valence-corrected chi connectivity index (χ3v) is 5.15. The maximum atomic E-state index is 11.1. The highest BCUT2D eigenvalue weighted by Gasteiger charge is 2.55. The SMILES string of the molecule is O=S(=O)(O)OC[C@H]1O[C@@H](OS(=O)(=O)O)[C@@H](OS(=O)(=O)O)[C@@H](OS(=O)(=O)O)[C@@H]1OS(=O)(=O)O. The van der Waals surface area contributed by atoms with Gasteiger partial charge in [-0.2, -0.15) is 42.1 Å². The van der Waals surface area contributed by atoms with Crippen LogP contribution in [0.15, 0.2) is 0 Å². The van der Waals surface area contributed by atoms with Crippen molar-refractivity contribution in [1.82, 2.24) is 0 Å². The van der Waals surface area contributed by atoms with Gasteiger partial charge < -0.3 is 4.74 Å². The molecule has 0 radical (unpaired) electrons. The molecule has 1 heterocycles. The first kappa shape index (κ1) is 29.3. The molecule has 32 heavy (non-hydrogen) atoms. The van der Waals surface area contributed by atoms with Gasteiger partial charge in [0.25, 0.3) is 0 Å². The van der Waals surface area contributed by atoms with Gasteiger partial charge in [-0.05, 0) is 0 Å². The molecule has 21 nitrogen and oxygen atoms in total. The summed E-state index contributed by atoms with van der Waals surface area (Å²) < 4.78 is 178. The normalized spacial score (nSPS) is 28.5. The van der Waals surface area contributed by atoms with Gasteiger partial charge in [0.1, 0.15) is 18.3 Å². The highest BCUT2D eigenvalue weighted by molar-refractivity contribution is 7.82. The summed E-state index contributed by atoms with van der Waals surface area (Å²) in [4.78, 5) is 0. The van der Waals surface area contributed by atoms with Gasteiger partial charge in [-0.25, -0.2) is 20.9 Å². The fraction of sp³-hybridized carbons (Fsp3) is 1.00. The number of hydrogen-bond acceptors (Lipinski definition) is 16. The lowest BCUT2D eigenvalue weighted by Crippen LogP contribution is -2.63. The summed E-state index contributed by atoms with van der Waals surface area (Å²) in [5.41, 5.74) is 0. The molecule has 1 saturated heterocycles. The van der Waals surface area contributed by atoms with Gasteiger partial charge in [0.05, 0.1) is 6.61 Å². The molecule has 0 aromatic rings. The minimum absolute atomic E-state index is 1.62. The summed E-state index contributed by atoms with van der Waals surface area (Å²) in [5.74, 6) is 0. The zero-order chi connectivity index (χ0) is 25.3. The Hall–Kier alpha value is -0.690. The van der Waals surface area contributed by atoms with Gasteiger partial charge in [-0.15, -0.1) is 0 Å². The fourth-order valence-electron chi connectivity index (χ4n) is 2.11. The van der Waals surface area contributed by atoms with E-state index in [1.165, 1.54) is 0 Å². The molecule has 0 aliphatic carbocycles. The summed E-state index contributed by atoms with van der Waals surface area (Å²) in [7, 11) is -28.3. The second kappa shape index (κ2) is 9.89. The molecule has 0 saturated carbocycles. The lowest BCUT2D eigenvalue weighted by molar-refractivity contribution is -0.261. The molecule has 5 atom stereocenters. The quantitative estimate of drug-likeness (QED) is 0.145. The van der Waals surface area contributed by atoms with Gasteiger partial charge in [-0.3, -0.25) is 22.8 Å². The van der Waals surface area contributed by atoms with Crippen LogP contribution in [-0.4, -0.2) is 102 Å². The van der Waals surface area contributed by atoms with Crippen molar-refractivity contribution in [2.24, 2.45) is 0 Å². The summed E-state index contributed by atoms with van der Waals surface area (Å²) in [6, 6.07) is 0. The first-order valence-corrected chi connectivity index (χ1v) is 13.7. The third kappa shape index (κ3) is 11.4. The molecule has 0 aromatic carbocycles. The topological polar surface area (TPSA) is 327 Å². The van der Waals surface area contributed by atoms with Gasteiger partial charge in [-0.1, -0.05) is 0 Å². The van der Waals surface area contributed by atoms with Crippen molar-refractivity contribution < 1.29 is 90.5 Å². The Morgan fingerprint density at radius 2 is 0.906 bits per heavy atom. The maximum absolute atomic E-state index is 11.1. The Bertz CT molecular complexity index is 1190. The Balaban J connectivity index is 3.67. The van der Waals surface area contributed by atoms with E-state index < -0.39 is 89.3 Å². The summed E-state index contributed by atoms with van der Waals surface area (Å²) in [6.07, 6.45) is -14.2. The summed E-state index contributed by atoms with van der Waals surface area (Å²) in [6.45, 7) is -1.62. The van der Waals surface area contributed by atoms with Gasteiger partial charge in [0.2, 0.25) is 6.29 Å². The standard InChI is InChI=1S/C6H12O21S5/c7-28(8,9)22-1-2-3(24-29(10,11)12)4(25-30(13,14)15)5(26-31(16,17)18)6(23-2)27-32(19,20)21/h2-6H,1H2,(H,7,8,9)(H,10,11,12)(H,13,14,15)(H,16,17,18)(H,19,20,21)/t2-,3-,4+,5+,6+/m1/s1. The molecule has 0 unspecified atom stereocenters.